The summed E-state index contributed by atoms with van der Waals surface area (Å²) in [7, 11) is 0. The third-order valence-electron chi connectivity index (χ3n) is 7.23. The lowest BCUT2D eigenvalue weighted by Crippen LogP contribution is -2.72. The van der Waals surface area contributed by atoms with Crippen LogP contribution in [0.15, 0.2) is 36.4 Å². The third-order valence-corrected chi connectivity index (χ3v) is 7.23. The van der Waals surface area contributed by atoms with Crippen LogP contribution >= 0.6 is 0 Å². The van der Waals surface area contributed by atoms with Crippen molar-refractivity contribution in [2.75, 3.05) is 18.0 Å². The first-order valence-corrected chi connectivity index (χ1v) is 8.63. The second kappa shape index (κ2) is 3.48. The number of amides is 1. The Hall–Kier alpha value is -1.61. The molecule has 1 spiro atoms. The molecule has 2 bridgehead atoms. The number of benzene rings is 1. The summed E-state index contributed by atoms with van der Waals surface area (Å²) in [6, 6.07) is 8.70. The molecule has 4 heterocycles. The minimum Gasteiger partial charge on any atom is -0.292 e. The van der Waals surface area contributed by atoms with Gasteiger partial charge in [-0.1, -0.05) is 30.4 Å². The van der Waals surface area contributed by atoms with Crippen molar-refractivity contribution in [3.8, 4) is 0 Å². The van der Waals surface area contributed by atoms with E-state index in [-0.39, 0.29) is 11.1 Å². The van der Waals surface area contributed by atoms with E-state index < -0.39 is 0 Å². The number of para-hydroxylation sites is 1. The summed E-state index contributed by atoms with van der Waals surface area (Å²) < 4.78 is 0. The smallest absolute Gasteiger partial charge is 0.229 e. The predicted octanol–water partition coefficient (Wildman–Crippen LogP) is 2.89. The zero-order chi connectivity index (χ0) is 14.5. The molecule has 1 aromatic rings. The number of carbonyl (C=O) groups is 1. The monoisotopic (exact) mass is 292 g/mol. The molecule has 2 saturated heterocycles. The zero-order valence-electron chi connectivity index (χ0n) is 12.7. The van der Waals surface area contributed by atoms with Crippen LogP contribution < -0.4 is 4.90 Å². The van der Waals surface area contributed by atoms with Crippen molar-refractivity contribution < 1.29 is 4.79 Å². The lowest BCUT2D eigenvalue weighted by molar-refractivity contribution is -0.119. The Morgan fingerprint density at radius 3 is 3.05 bits per heavy atom. The third kappa shape index (κ3) is 0.978. The number of hydrogen-bond donors (Lipinski definition) is 0. The minimum absolute atomic E-state index is 0.0455. The van der Waals surface area contributed by atoms with Gasteiger partial charge in [0.25, 0.3) is 0 Å². The maximum absolute atomic E-state index is 13.1. The van der Waals surface area contributed by atoms with E-state index in [1.807, 2.05) is 0 Å². The number of anilines is 1. The normalized spacial score (nSPS) is 44.2. The van der Waals surface area contributed by atoms with Crippen LogP contribution in [0.3, 0.4) is 0 Å². The van der Waals surface area contributed by atoms with Gasteiger partial charge < -0.3 is 0 Å². The number of fused-ring (bicyclic) bond motifs is 3. The summed E-state index contributed by atoms with van der Waals surface area (Å²) >= 11 is 0. The summed E-state index contributed by atoms with van der Waals surface area (Å²) in [6.45, 7) is 2.14. The molecule has 4 aliphatic heterocycles. The fraction of sp³-hybridized carbons (Fsp3) is 0.526. The van der Waals surface area contributed by atoms with E-state index in [1.54, 1.807) is 0 Å². The van der Waals surface area contributed by atoms with E-state index in [0.717, 1.165) is 13.1 Å². The summed E-state index contributed by atoms with van der Waals surface area (Å²) in [5, 5.41) is 0. The van der Waals surface area contributed by atoms with E-state index in [2.05, 4.69) is 46.2 Å². The Balaban J connectivity index is 1.74. The SMILES string of the molecule is O=C1C[C@@]23C=CCN4CC[C@H]5c6ccccc6N1[C@]42[C@@H]5CC3. The largest absolute Gasteiger partial charge is 0.292 e. The van der Waals surface area contributed by atoms with E-state index >= 15 is 0 Å². The van der Waals surface area contributed by atoms with Gasteiger partial charge in [-0.15, -0.1) is 0 Å². The highest BCUT2D eigenvalue weighted by atomic mass is 16.2. The van der Waals surface area contributed by atoms with Crippen LogP contribution in [-0.2, 0) is 4.79 Å². The summed E-state index contributed by atoms with van der Waals surface area (Å²) in [4.78, 5) is 17.9. The molecule has 0 aromatic heterocycles. The molecule has 5 aliphatic rings. The number of carbonyl (C=O) groups excluding carboxylic acids is 1. The molecule has 22 heavy (non-hydrogen) atoms. The van der Waals surface area contributed by atoms with E-state index in [4.69, 9.17) is 0 Å². The lowest BCUT2D eigenvalue weighted by Gasteiger charge is -2.63. The average molecular weight is 292 g/mol. The summed E-state index contributed by atoms with van der Waals surface area (Å²) in [6.07, 6.45) is 9.14. The summed E-state index contributed by atoms with van der Waals surface area (Å²) in [5.74, 6) is 1.60. The maximum atomic E-state index is 13.1. The van der Waals surface area contributed by atoms with Gasteiger partial charge in [0.2, 0.25) is 5.91 Å². The Labute approximate surface area is 130 Å². The number of piperidine rings is 1. The first-order chi connectivity index (χ1) is 10.8. The van der Waals surface area contributed by atoms with Crippen molar-refractivity contribution in [2.45, 2.75) is 37.3 Å². The Kier molecular flexibility index (Phi) is 1.88. The topological polar surface area (TPSA) is 23.6 Å². The predicted molar refractivity (Wildman–Crippen MR) is 84.5 cm³/mol. The highest BCUT2D eigenvalue weighted by Gasteiger charge is 2.75. The van der Waals surface area contributed by atoms with Crippen LogP contribution in [0, 0.1) is 11.3 Å². The lowest BCUT2D eigenvalue weighted by atomic mass is 9.63. The molecule has 112 valence electrons. The molecule has 3 fully saturated rings. The Morgan fingerprint density at radius 2 is 2.09 bits per heavy atom. The van der Waals surface area contributed by atoms with Crippen molar-refractivity contribution in [3.05, 3.63) is 42.0 Å². The fourth-order valence-electron chi connectivity index (χ4n) is 6.75. The van der Waals surface area contributed by atoms with E-state index in [9.17, 15) is 4.79 Å². The van der Waals surface area contributed by atoms with E-state index in [1.165, 1.54) is 30.5 Å². The van der Waals surface area contributed by atoms with Gasteiger partial charge in [0, 0.05) is 36.5 Å². The van der Waals surface area contributed by atoms with Crippen LogP contribution in [-0.4, -0.2) is 29.6 Å². The molecule has 3 heteroatoms. The van der Waals surface area contributed by atoms with E-state index in [0.29, 0.717) is 24.2 Å². The highest BCUT2D eigenvalue weighted by molar-refractivity contribution is 6.01. The van der Waals surface area contributed by atoms with Crippen LogP contribution in [0.5, 0.6) is 0 Å². The summed E-state index contributed by atoms with van der Waals surface area (Å²) in [5.41, 5.74) is 2.66. The van der Waals surface area contributed by atoms with Crippen molar-refractivity contribution in [3.63, 3.8) is 0 Å². The van der Waals surface area contributed by atoms with Gasteiger partial charge in [-0.3, -0.25) is 14.6 Å². The fourth-order valence-corrected chi connectivity index (χ4v) is 6.75. The molecule has 0 N–H and O–H groups in total. The highest BCUT2D eigenvalue weighted by Crippen LogP contribution is 2.71. The first kappa shape index (κ1) is 11.9. The molecule has 1 saturated carbocycles. The number of rotatable bonds is 0. The van der Waals surface area contributed by atoms with Crippen LogP contribution in [0.1, 0.15) is 37.2 Å². The van der Waals surface area contributed by atoms with Crippen molar-refractivity contribution in [1.82, 2.24) is 4.90 Å². The zero-order valence-corrected chi connectivity index (χ0v) is 12.7. The van der Waals surface area contributed by atoms with Gasteiger partial charge in [0.05, 0.1) is 0 Å². The average Bonchev–Trinajstić information content (AvgIpc) is 2.99. The number of hydrogen-bond acceptors (Lipinski definition) is 2. The van der Waals surface area contributed by atoms with Gasteiger partial charge >= 0.3 is 0 Å². The Morgan fingerprint density at radius 1 is 1.18 bits per heavy atom. The van der Waals surface area contributed by atoms with Gasteiger partial charge in [-0.05, 0) is 36.8 Å². The minimum atomic E-state index is -0.0455. The Bertz CT molecular complexity index is 741. The maximum Gasteiger partial charge on any atom is 0.229 e. The van der Waals surface area contributed by atoms with Crippen molar-refractivity contribution in [1.29, 1.82) is 0 Å². The number of nitrogens with zero attached hydrogens (tertiary/aromatic N) is 2. The molecule has 4 atom stereocenters. The molecule has 0 radical (unpaired) electrons. The molecular formula is C19H20N2O. The van der Waals surface area contributed by atoms with Crippen molar-refractivity contribution >= 4 is 11.6 Å². The van der Waals surface area contributed by atoms with Crippen LogP contribution in [0.25, 0.3) is 0 Å². The second-order valence-electron chi connectivity index (χ2n) is 7.74. The van der Waals surface area contributed by atoms with Gasteiger partial charge in [-0.25, -0.2) is 0 Å². The molecule has 6 rings (SSSR count). The molecule has 1 aromatic carbocycles. The molecular weight excluding hydrogens is 272 g/mol. The molecule has 3 nitrogen and oxygen atoms in total. The molecule has 1 aliphatic carbocycles. The van der Waals surface area contributed by atoms with Gasteiger partial charge in [0.15, 0.2) is 0 Å². The standard InChI is InChI=1S/C19H20N2O/c22-17-12-18-8-3-10-20-11-7-13-14-4-1-2-5-16(14)21(17)19(18,20)15(13)6-9-18/h1-5,8,13,15H,6-7,9-12H2/t13-,15+,18-,19-/m0/s1. The quantitative estimate of drug-likeness (QED) is 0.687. The first-order valence-electron chi connectivity index (χ1n) is 8.63. The van der Waals surface area contributed by atoms with Crippen LogP contribution in [0.4, 0.5) is 5.69 Å². The van der Waals surface area contributed by atoms with Gasteiger partial charge in [-0.2, -0.15) is 0 Å². The van der Waals surface area contributed by atoms with Gasteiger partial charge in [0.1, 0.15) is 5.66 Å². The molecule has 0 unspecified atom stereocenters. The van der Waals surface area contributed by atoms with Crippen molar-refractivity contribution in [2.24, 2.45) is 11.3 Å². The van der Waals surface area contributed by atoms with Crippen LogP contribution in [0.2, 0.25) is 0 Å². The second-order valence-corrected chi connectivity index (χ2v) is 7.74. The molecule has 1 amide bonds.